The molecule has 0 aromatic heterocycles. The second kappa shape index (κ2) is 4.10. The third-order valence-corrected chi connectivity index (χ3v) is 1.88. The fourth-order valence-electron chi connectivity index (χ4n) is 0.949. The summed E-state index contributed by atoms with van der Waals surface area (Å²) in [5, 5.41) is 10.7. The van der Waals surface area contributed by atoms with E-state index in [0.717, 1.165) is 17.2 Å². The van der Waals surface area contributed by atoms with Crippen molar-refractivity contribution in [2.75, 3.05) is 0 Å². The van der Waals surface area contributed by atoms with Crippen LogP contribution < -0.4 is 5.11 Å². The Labute approximate surface area is 81.5 Å². The van der Waals surface area contributed by atoms with E-state index in [1.54, 1.807) is 12.1 Å². The maximum Gasteiger partial charge on any atom is 0.0643 e. The number of carbonyl (C=O) groups excluding carboxylic acids is 1. The zero-order chi connectivity index (χ0) is 9.84. The molecule has 0 aliphatic rings. The molecule has 1 aromatic rings. The molecule has 0 unspecified atom stereocenters. The summed E-state index contributed by atoms with van der Waals surface area (Å²) < 4.78 is 0. The van der Waals surface area contributed by atoms with E-state index in [1.165, 1.54) is 6.08 Å². The highest BCUT2D eigenvalue weighted by Gasteiger charge is 1.94. The average molecular weight is 196 g/mol. The van der Waals surface area contributed by atoms with E-state index in [9.17, 15) is 9.90 Å². The van der Waals surface area contributed by atoms with Crippen molar-refractivity contribution in [1.82, 2.24) is 0 Å². The molecule has 0 amide bonds. The normalized spacial score (nSPS) is 10.6. The Morgan fingerprint density at radius 1 is 1.54 bits per heavy atom. The summed E-state index contributed by atoms with van der Waals surface area (Å²) in [5.74, 6) is -1.21. The highest BCUT2D eigenvalue weighted by molar-refractivity contribution is 6.30. The predicted molar refractivity (Wildman–Crippen MR) is 50.2 cm³/mol. The summed E-state index contributed by atoms with van der Waals surface area (Å²) in [7, 11) is 0. The Balaban J connectivity index is 3.00. The number of carbonyl (C=O) groups is 1. The van der Waals surface area contributed by atoms with Gasteiger partial charge in [-0.15, -0.1) is 0 Å². The Bertz CT molecular complexity index is 356. The van der Waals surface area contributed by atoms with Gasteiger partial charge < -0.3 is 9.90 Å². The maximum absolute atomic E-state index is 10.1. The van der Waals surface area contributed by atoms with Crippen molar-refractivity contribution in [2.45, 2.75) is 6.92 Å². The van der Waals surface area contributed by atoms with Crippen LogP contribution in [0.2, 0.25) is 5.02 Å². The third kappa shape index (κ3) is 2.92. The van der Waals surface area contributed by atoms with Gasteiger partial charge in [-0.2, -0.15) is 0 Å². The lowest BCUT2D eigenvalue weighted by Gasteiger charge is -2.00. The van der Waals surface area contributed by atoms with E-state index in [2.05, 4.69) is 0 Å². The lowest BCUT2D eigenvalue weighted by atomic mass is 10.1. The molecule has 68 valence electrons. The monoisotopic (exact) mass is 195 g/mol. The number of hydrogen-bond acceptors (Lipinski definition) is 2. The molecule has 1 rings (SSSR count). The molecule has 0 saturated heterocycles. The summed E-state index contributed by atoms with van der Waals surface area (Å²) in [6.45, 7) is 1.88. The van der Waals surface area contributed by atoms with Crippen LogP contribution in [0.5, 0.6) is 0 Å². The summed E-state index contributed by atoms with van der Waals surface area (Å²) in [6.07, 6.45) is 2.45. The number of aryl methyl sites for hydroxylation is 1. The van der Waals surface area contributed by atoms with Crippen molar-refractivity contribution in [2.24, 2.45) is 0 Å². The van der Waals surface area contributed by atoms with Crippen LogP contribution in [-0.4, -0.2) is 5.97 Å². The number of aliphatic carboxylic acids is 1. The number of carboxylic acid groups (broad SMARTS) is 1. The van der Waals surface area contributed by atoms with E-state index < -0.39 is 5.97 Å². The van der Waals surface area contributed by atoms with Crippen molar-refractivity contribution < 1.29 is 9.90 Å². The van der Waals surface area contributed by atoms with Gasteiger partial charge in [0.15, 0.2) is 0 Å². The SMILES string of the molecule is Cc1ccc(Cl)cc1/C=C/C(=O)[O-]. The first-order valence-corrected chi connectivity index (χ1v) is 4.12. The molecule has 0 aliphatic heterocycles. The molecule has 0 radical (unpaired) electrons. The van der Waals surface area contributed by atoms with Gasteiger partial charge in [0.1, 0.15) is 0 Å². The van der Waals surface area contributed by atoms with E-state index in [4.69, 9.17) is 11.6 Å². The lowest BCUT2D eigenvalue weighted by molar-refractivity contribution is -0.297. The average Bonchev–Trinajstić information content (AvgIpc) is 2.06. The number of benzene rings is 1. The van der Waals surface area contributed by atoms with Crippen molar-refractivity contribution >= 4 is 23.6 Å². The number of halogens is 1. The van der Waals surface area contributed by atoms with Gasteiger partial charge in [0, 0.05) is 5.02 Å². The quantitative estimate of drug-likeness (QED) is 0.670. The highest BCUT2D eigenvalue weighted by Crippen LogP contribution is 2.16. The topological polar surface area (TPSA) is 40.1 Å². The fraction of sp³-hybridized carbons (Fsp3) is 0.100. The van der Waals surface area contributed by atoms with E-state index in [0.29, 0.717) is 5.02 Å². The molecule has 0 heterocycles. The van der Waals surface area contributed by atoms with Crippen LogP contribution in [0.4, 0.5) is 0 Å². The first kappa shape index (κ1) is 9.81. The minimum Gasteiger partial charge on any atom is -0.545 e. The largest absolute Gasteiger partial charge is 0.545 e. The summed E-state index contributed by atoms with van der Waals surface area (Å²) in [6, 6.07) is 5.29. The molecule has 0 bridgehead atoms. The zero-order valence-corrected chi connectivity index (χ0v) is 7.84. The van der Waals surface area contributed by atoms with Gasteiger partial charge >= 0.3 is 0 Å². The third-order valence-electron chi connectivity index (χ3n) is 1.64. The van der Waals surface area contributed by atoms with Gasteiger partial charge in [-0.25, -0.2) is 0 Å². The van der Waals surface area contributed by atoms with E-state index >= 15 is 0 Å². The van der Waals surface area contributed by atoms with E-state index in [1.807, 2.05) is 13.0 Å². The summed E-state index contributed by atoms with van der Waals surface area (Å²) >= 11 is 5.74. The van der Waals surface area contributed by atoms with Crippen LogP contribution in [0.25, 0.3) is 6.08 Å². The molecule has 13 heavy (non-hydrogen) atoms. The minimum atomic E-state index is -1.21. The van der Waals surface area contributed by atoms with E-state index in [-0.39, 0.29) is 0 Å². The van der Waals surface area contributed by atoms with Gasteiger partial charge in [-0.1, -0.05) is 23.7 Å². The fourth-order valence-corrected chi connectivity index (χ4v) is 1.13. The molecule has 0 aliphatic carbocycles. The standard InChI is InChI=1S/C10H9ClO2/c1-7-2-4-9(11)6-8(7)3-5-10(12)13/h2-6H,1H3,(H,12,13)/p-1/b5-3+. The van der Waals surface area contributed by atoms with Gasteiger partial charge in [0.25, 0.3) is 0 Å². The molecular weight excluding hydrogens is 188 g/mol. The Morgan fingerprint density at radius 3 is 2.85 bits per heavy atom. The van der Waals surface area contributed by atoms with Crippen molar-refractivity contribution in [1.29, 1.82) is 0 Å². The number of rotatable bonds is 2. The van der Waals surface area contributed by atoms with Crippen LogP contribution in [0, 0.1) is 6.92 Å². The molecule has 3 heteroatoms. The zero-order valence-electron chi connectivity index (χ0n) is 7.08. The van der Waals surface area contributed by atoms with Crippen molar-refractivity contribution in [3.8, 4) is 0 Å². The van der Waals surface area contributed by atoms with Crippen LogP contribution in [0.15, 0.2) is 24.3 Å². The molecule has 0 N–H and O–H groups in total. The summed E-state index contributed by atoms with van der Waals surface area (Å²) in [5.41, 5.74) is 1.76. The van der Waals surface area contributed by atoms with Crippen molar-refractivity contribution in [3.05, 3.63) is 40.4 Å². The van der Waals surface area contributed by atoms with Crippen molar-refractivity contribution in [3.63, 3.8) is 0 Å². The Kier molecular flexibility index (Phi) is 3.09. The first-order valence-electron chi connectivity index (χ1n) is 3.75. The Hall–Kier alpha value is -1.28. The second-order valence-corrected chi connectivity index (χ2v) is 3.09. The van der Waals surface area contributed by atoms with Crippen LogP contribution in [0.3, 0.4) is 0 Å². The predicted octanol–water partition coefficient (Wildman–Crippen LogP) is 1.41. The van der Waals surface area contributed by atoms with Gasteiger partial charge in [0.2, 0.25) is 0 Å². The second-order valence-electron chi connectivity index (χ2n) is 2.65. The van der Waals surface area contributed by atoms with Gasteiger partial charge in [-0.3, -0.25) is 0 Å². The Morgan fingerprint density at radius 2 is 2.23 bits per heavy atom. The number of carboxylic acids is 1. The van der Waals surface area contributed by atoms with Crippen LogP contribution in [-0.2, 0) is 4.79 Å². The van der Waals surface area contributed by atoms with Crippen LogP contribution in [0.1, 0.15) is 11.1 Å². The lowest BCUT2D eigenvalue weighted by Crippen LogP contribution is -2.18. The molecular formula is C10H8ClO2-. The maximum atomic E-state index is 10.1. The summed E-state index contributed by atoms with van der Waals surface area (Å²) in [4.78, 5) is 10.1. The first-order chi connectivity index (χ1) is 6.09. The number of hydrogen-bond donors (Lipinski definition) is 0. The highest BCUT2D eigenvalue weighted by atomic mass is 35.5. The molecule has 0 saturated carbocycles. The molecule has 1 aromatic carbocycles. The minimum absolute atomic E-state index is 0.587. The van der Waals surface area contributed by atoms with Gasteiger partial charge in [0.05, 0.1) is 5.97 Å². The molecule has 0 atom stereocenters. The van der Waals surface area contributed by atoms with Crippen LogP contribution >= 0.6 is 11.6 Å². The molecule has 0 spiro atoms. The molecule has 0 fully saturated rings. The molecule has 2 nitrogen and oxygen atoms in total. The smallest absolute Gasteiger partial charge is 0.0643 e. The van der Waals surface area contributed by atoms with Gasteiger partial charge in [-0.05, 0) is 36.3 Å².